The van der Waals surface area contributed by atoms with Gasteiger partial charge in [-0.15, -0.1) is 0 Å². The molecule has 0 spiro atoms. The molecule has 0 bridgehead atoms. The van der Waals surface area contributed by atoms with Crippen LogP contribution in [0.2, 0.25) is 0 Å². The summed E-state index contributed by atoms with van der Waals surface area (Å²) < 4.78 is 10.5. The molecule has 1 saturated heterocycles. The van der Waals surface area contributed by atoms with Gasteiger partial charge < -0.3 is 19.9 Å². The second-order valence-corrected chi connectivity index (χ2v) is 5.85. The number of piperidine rings is 1. The van der Waals surface area contributed by atoms with Gasteiger partial charge in [-0.1, -0.05) is 0 Å². The summed E-state index contributed by atoms with van der Waals surface area (Å²) in [5, 5.41) is 12.2. The van der Waals surface area contributed by atoms with E-state index in [1.54, 1.807) is 13.1 Å². The van der Waals surface area contributed by atoms with Gasteiger partial charge in [-0.3, -0.25) is 9.69 Å². The first-order valence-electron chi connectivity index (χ1n) is 7.92. The molecule has 1 fully saturated rings. The Labute approximate surface area is 141 Å². The number of carbonyl (C=O) groups is 2. The molecule has 1 aromatic rings. The summed E-state index contributed by atoms with van der Waals surface area (Å²) in [6.45, 7) is 1.85. The summed E-state index contributed by atoms with van der Waals surface area (Å²) >= 11 is 0. The fourth-order valence-corrected chi connectivity index (χ4v) is 3.11. The summed E-state index contributed by atoms with van der Waals surface area (Å²) in [6, 6.07) is 3.18. The van der Waals surface area contributed by atoms with Crippen molar-refractivity contribution in [3.63, 3.8) is 0 Å². The van der Waals surface area contributed by atoms with E-state index in [-0.39, 0.29) is 17.4 Å². The highest BCUT2D eigenvalue weighted by molar-refractivity contribution is 5.91. The predicted octanol–water partition coefficient (Wildman–Crippen LogP) is 1.36. The summed E-state index contributed by atoms with van der Waals surface area (Å²) in [7, 11) is 4.63. The predicted molar refractivity (Wildman–Crippen MR) is 88.6 cm³/mol. The Balaban J connectivity index is 2.27. The molecule has 1 aromatic carbocycles. The van der Waals surface area contributed by atoms with Crippen molar-refractivity contribution in [2.24, 2.45) is 5.92 Å². The van der Waals surface area contributed by atoms with Crippen molar-refractivity contribution in [1.82, 2.24) is 10.2 Å². The molecular weight excluding hydrogens is 312 g/mol. The van der Waals surface area contributed by atoms with Crippen LogP contribution in [0, 0.1) is 5.92 Å². The molecule has 1 heterocycles. The Bertz CT molecular complexity index is 617. The summed E-state index contributed by atoms with van der Waals surface area (Å²) in [5.41, 5.74) is 0.761. The van der Waals surface area contributed by atoms with Gasteiger partial charge in [-0.25, -0.2) is 4.79 Å². The van der Waals surface area contributed by atoms with E-state index in [9.17, 15) is 14.7 Å². The number of carboxylic acids is 1. The third-order valence-electron chi connectivity index (χ3n) is 4.37. The number of hydrogen-bond acceptors (Lipinski definition) is 5. The van der Waals surface area contributed by atoms with Crippen molar-refractivity contribution in [2.45, 2.75) is 19.4 Å². The summed E-state index contributed by atoms with van der Waals surface area (Å²) in [6.07, 6.45) is 1.75. The monoisotopic (exact) mass is 336 g/mol. The Morgan fingerprint density at radius 1 is 1.33 bits per heavy atom. The van der Waals surface area contributed by atoms with Gasteiger partial charge >= 0.3 is 5.97 Å². The number of nitrogens with zero attached hydrogens (tertiary/aromatic N) is 1. The largest absolute Gasteiger partial charge is 0.497 e. The molecule has 0 unspecified atom stereocenters. The molecule has 7 heteroatoms. The smallest absolute Gasteiger partial charge is 0.336 e. The van der Waals surface area contributed by atoms with Gasteiger partial charge in [-0.2, -0.15) is 0 Å². The summed E-state index contributed by atoms with van der Waals surface area (Å²) in [5.74, 6) is -0.146. The minimum absolute atomic E-state index is 0.0276. The molecular formula is C17H24N2O5. The van der Waals surface area contributed by atoms with Crippen LogP contribution < -0.4 is 14.8 Å². The highest BCUT2D eigenvalue weighted by atomic mass is 16.5. The standard InChI is InChI=1S/C17H24N2O5/c1-18-16(20)11-5-4-6-19(9-11)10-14-13(17(21)22)7-12(23-2)8-15(14)24-3/h7-8,11H,4-6,9-10H2,1-3H3,(H,18,20)(H,21,22)/t11-/m0/s1. The van der Waals surface area contributed by atoms with Crippen molar-refractivity contribution in [1.29, 1.82) is 0 Å². The molecule has 0 radical (unpaired) electrons. The number of benzene rings is 1. The Morgan fingerprint density at radius 2 is 2.08 bits per heavy atom. The zero-order valence-electron chi connectivity index (χ0n) is 14.3. The van der Waals surface area contributed by atoms with Crippen LogP contribution >= 0.6 is 0 Å². The third-order valence-corrected chi connectivity index (χ3v) is 4.37. The van der Waals surface area contributed by atoms with Gasteiger partial charge in [0.2, 0.25) is 5.91 Å². The van der Waals surface area contributed by atoms with Crippen LogP contribution in [-0.4, -0.2) is 56.2 Å². The molecule has 2 rings (SSSR count). The van der Waals surface area contributed by atoms with Crippen molar-refractivity contribution < 1.29 is 24.2 Å². The van der Waals surface area contributed by atoms with Gasteiger partial charge in [0.15, 0.2) is 0 Å². The molecule has 0 aliphatic carbocycles. The van der Waals surface area contributed by atoms with Crippen LogP contribution in [0.1, 0.15) is 28.8 Å². The van der Waals surface area contributed by atoms with Crippen LogP contribution in [0.3, 0.4) is 0 Å². The van der Waals surface area contributed by atoms with E-state index in [1.807, 2.05) is 0 Å². The molecule has 0 aromatic heterocycles. The lowest BCUT2D eigenvalue weighted by Gasteiger charge is -2.32. The SMILES string of the molecule is CNC(=O)[C@H]1CCCN(Cc2c(OC)cc(OC)cc2C(=O)O)C1. The number of methoxy groups -OCH3 is 2. The van der Waals surface area contributed by atoms with E-state index < -0.39 is 5.97 Å². The lowest BCUT2D eigenvalue weighted by atomic mass is 9.96. The Kier molecular flexibility index (Phi) is 6.03. The lowest BCUT2D eigenvalue weighted by Crippen LogP contribution is -2.41. The molecule has 7 nitrogen and oxygen atoms in total. The first kappa shape index (κ1) is 18.1. The average Bonchev–Trinajstić information content (AvgIpc) is 2.61. The second kappa shape index (κ2) is 8.01. The van der Waals surface area contributed by atoms with Crippen LogP contribution in [0.5, 0.6) is 11.5 Å². The van der Waals surface area contributed by atoms with Gasteiger partial charge in [0, 0.05) is 31.8 Å². The van der Waals surface area contributed by atoms with Gasteiger partial charge in [0.05, 0.1) is 25.7 Å². The molecule has 1 atom stereocenters. The minimum atomic E-state index is -1.03. The first-order valence-corrected chi connectivity index (χ1v) is 7.92. The highest BCUT2D eigenvalue weighted by Gasteiger charge is 2.27. The number of carboxylic acid groups (broad SMARTS) is 1. The van der Waals surface area contributed by atoms with Crippen molar-refractivity contribution in [3.05, 3.63) is 23.3 Å². The topological polar surface area (TPSA) is 88.1 Å². The Morgan fingerprint density at radius 3 is 2.67 bits per heavy atom. The number of ether oxygens (including phenoxy) is 2. The average molecular weight is 336 g/mol. The molecule has 1 aliphatic rings. The maximum absolute atomic E-state index is 11.9. The lowest BCUT2D eigenvalue weighted by molar-refractivity contribution is -0.126. The number of aromatic carboxylic acids is 1. The minimum Gasteiger partial charge on any atom is -0.497 e. The number of rotatable bonds is 6. The number of amides is 1. The van der Waals surface area contributed by atoms with E-state index in [2.05, 4.69) is 10.2 Å². The molecule has 132 valence electrons. The molecule has 24 heavy (non-hydrogen) atoms. The number of nitrogens with one attached hydrogen (secondary N) is 1. The molecule has 2 N–H and O–H groups in total. The van der Waals surface area contributed by atoms with Crippen molar-refractivity contribution in [3.8, 4) is 11.5 Å². The summed E-state index contributed by atoms with van der Waals surface area (Å²) in [4.78, 5) is 25.6. The maximum Gasteiger partial charge on any atom is 0.336 e. The van der Waals surface area contributed by atoms with Gasteiger partial charge in [0.1, 0.15) is 11.5 Å². The zero-order chi connectivity index (χ0) is 17.7. The van der Waals surface area contributed by atoms with E-state index in [0.717, 1.165) is 19.4 Å². The van der Waals surface area contributed by atoms with Gasteiger partial charge in [-0.05, 0) is 25.5 Å². The Hall–Kier alpha value is -2.28. The molecule has 1 amide bonds. The van der Waals surface area contributed by atoms with E-state index in [0.29, 0.717) is 30.2 Å². The zero-order valence-corrected chi connectivity index (χ0v) is 14.3. The van der Waals surface area contributed by atoms with E-state index in [1.165, 1.54) is 20.3 Å². The molecule has 1 aliphatic heterocycles. The fraction of sp³-hybridized carbons (Fsp3) is 0.529. The number of likely N-dealkylation sites (tertiary alicyclic amines) is 1. The van der Waals surface area contributed by atoms with Crippen LogP contribution in [0.25, 0.3) is 0 Å². The van der Waals surface area contributed by atoms with Crippen LogP contribution in [0.15, 0.2) is 12.1 Å². The first-order chi connectivity index (χ1) is 11.5. The van der Waals surface area contributed by atoms with Crippen molar-refractivity contribution >= 4 is 11.9 Å². The van der Waals surface area contributed by atoms with Crippen LogP contribution in [-0.2, 0) is 11.3 Å². The van der Waals surface area contributed by atoms with E-state index >= 15 is 0 Å². The van der Waals surface area contributed by atoms with Gasteiger partial charge in [0.25, 0.3) is 0 Å². The number of hydrogen-bond donors (Lipinski definition) is 2. The van der Waals surface area contributed by atoms with Crippen molar-refractivity contribution in [2.75, 3.05) is 34.4 Å². The normalized spacial score (nSPS) is 18.0. The number of carbonyl (C=O) groups excluding carboxylic acids is 1. The fourth-order valence-electron chi connectivity index (χ4n) is 3.11. The van der Waals surface area contributed by atoms with E-state index in [4.69, 9.17) is 9.47 Å². The van der Waals surface area contributed by atoms with Crippen LogP contribution in [0.4, 0.5) is 0 Å². The maximum atomic E-state index is 11.9. The third kappa shape index (κ3) is 3.97. The second-order valence-electron chi connectivity index (χ2n) is 5.85. The molecule has 0 saturated carbocycles. The quantitative estimate of drug-likeness (QED) is 0.815. The highest BCUT2D eigenvalue weighted by Crippen LogP contribution is 2.31.